The van der Waals surface area contributed by atoms with Crippen molar-refractivity contribution in [1.82, 2.24) is 4.90 Å². The first-order valence-electron chi connectivity index (χ1n) is 8.65. The van der Waals surface area contributed by atoms with E-state index in [1.807, 2.05) is 33.3 Å². The SMILES string of the molecule is CN(Cc1ccc(N(C)C)cc1)C(=O)CSc1ccc2ccccc2c1. The van der Waals surface area contributed by atoms with E-state index in [2.05, 4.69) is 59.5 Å². The van der Waals surface area contributed by atoms with Gasteiger partial charge in [0.05, 0.1) is 5.75 Å². The Morgan fingerprint density at radius 2 is 1.58 bits per heavy atom. The number of benzene rings is 3. The van der Waals surface area contributed by atoms with E-state index in [9.17, 15) is 4.79 Å². The predicted octanol–water partition coefficient (Wildman–Crippen LogP) is 4.66. The van der Waals surface area contributed by atoms with E-state index in [-0.39, 0.29) is 5.91 Å². The quantitative estimate of drug-likeness (QED) is 0.595. The van der Waals surface area contributed by atoms with Crippen molar-refractivity contribution >= 4 is 34.1 Å². The maximum Gasteiger partial charge on any atom is 0.232 e. The number of hydrogen-bond acceptors (Lipinski definition) is 3. The van der Waals surface area contributed by atoms with E-state index in [1.165, 1.54) is 10.8 Å². The predicted molar refractivity (Wildman–Crippen MR) is 112 cm³/mol. The van der Waals surface area contributed by atoms with Gasteiger partial charge in [-0.05, 0) is 40.6 Å². The van der Waals surface area contributed by atoms with Crippen molar-refractivity contribution in [2.24, 2.45) is 0 Å². The van der Waals surface area contributed by atoms with Gasteiger partial charge in [0.15, 0.2) is 0 Å². The molecule has 3 nitrogen and oxygen atoms in total. The molecular weight excluding hydrogens is 340 g/mol. The highest BCUT2D eigenvalue weighted by molar-refractivity contribution is 8.00. The lowest BCUT2D eigenvalue weighted by Gasteiger charge is -2.18. The first-order chi connectivity index (χ1) is 12.5. The Morgan fingerprint density at radius 1 is 0.885 bits per heavy atom. The maximum atomic E-state index is 12.5. The second kappa shape index (κ2) is 8.28. The van der Waals surface area contributed by atoms with Gasteiger partial charge in [-0.1, -0.05) is 42.5 Å². The molecule has 0 heterocycles. The number of thioether (sulfide) groups is 1. The topological polar surface area (TPSA) is 23.6 Å². The second-order valence-electron chi connectivity index (χ2n) is 6.61. The Morgan fingerprint density at radius 3 is 2.27 bits per heavy atom. The molecule has 4 heteroatoms. The standard InChI is InChI=1S/C22H24N2OS/c1-23(2)20-11-8-17(9-12-20)15-24(3)22(25)16-26-21-13-10-18-6-4-5-7-19(18)14-21/h4-14H,15-16H2,1-3H3. The molecule has 3 rings (SSSR count). The molecule has 26 heavy (non-hydrogen) atoms. The van der Waals surface area contributed by atoms with Crippen LogP contribution in [0, 0.1) is 0 Å². The van der Waals surface area contributed by atoms with Gasteiger partial charge >= 0.3 is 0 Å². The molecule has 0 aliphatic carbocycles. The van der Waals surface area contributed by atoms with E-state index in [1.54, 1.807) is 16.7 Å². The molecule has 0 unspecified atom stereocenters. The highest BCUT2D eigenvalue weighted by Gasteiger charge is 2.10. The van der Waals surface area contributed by atoms with Crippen LogP contribution >= 0.6 is 11.8 Å². The summed E-state index contributed by atoms with van der Waals surface area (Å²) in [6, 6.07) is 22.9. The van der Waals surface area contributed by atoms with E-state index >= 15 is 0 Å². The number of hydrogen-bond donors (Lipinski definition) is 0. The molecule has 0 spiro atoms. The third-order valence-corrected chi connectivity index (χ3v) is 5.36. The Labute approximate surface area is 159 Å². The third kappa shape index (κ3) is 4.58. The normalized spacial score (nSPS) is 10.7. The van der Waals surface area contributed by atoms with Crippen molar-refractivity contribution in [3.63, 3.8) is 0 Å². The second-order valence-corrected chi connectivity index (χ2v) is 7.66. The van der Waals surface area contributed by atoms with Crippen LogP contribution in [-0.2, 0) is 11.3 Å². The van der Waals surface area contributed by atoms with E-state index in [4.69, 9.17) is 0 Å². The van der Waals surface area contributed by atoms with Gasteiger partial charge < -0.3 is 9.80 Å². The highest BCUT2D eigenvalue weighted by Crippen LogP contribution is 2.24. The van der Waals surface area contributed by atoms with Crippen LogP contribution in [0.1, 0.15) is 5.56 Å². The molecule has 0 aromatic heterocycles. The number of rotatable bonds is 6. The number of nitrogens with zero attached hydrogens (tertiary/aromatic N) is 2. The van der Waals surface area contributed by atoms with Gasteiger partial charge in [-0.25, -0.2) is 0 Å². The lowest BCUT2D eigenvalue weighted by atomic mass is 10.1. The van der Waals surface area contributed by atoms with Gasteiger partial charge in [0, 0.05) is 38.3 Å². The van der Waals surface area contributed by atoms with Gasteiger partial charge in [0.25, 0.3) is 0 Å². The van der Waals surface area contributed by atoms with Crippen LogP contribution in [0.25, 0.3) is 10.8 Å². The molecule has 134 valence electrons. The molecule has 0 bridgehead atoms. The Hall–Kier alpha value is -2.46. The lowest BCUT2D eigenvalue weighted by Crippen LogP contribution is -2.27. The molecule has 0 atom stereocenters. The van der Waals surface area contributed by atoms with E-state index in [0.29, 0.717) is 12.3 Å². The van der Waals surface area contributed by atoms with Crippen molar-refractivity contribution in [2.45, 2.75) is 11.4 Å². The molecule has 1 amide bonds. The molecule has 0 radical (unpaired) electrons. The number of carbonyl (C=O) groups is 1. The molecule has 0 saturated carbocycles. The molecule has 0 N–H and O–H groups in total. The van der Waals surface area contributed by atoms with Crippen molar-refractivity contribution in [1.29, 1.82) is 0 Å². The molecule has 3 aromatic rings. The molecule has 3 aromatic carbocycles. The Bertz CT molecular complexity index is 890. The van der Waals surface area contributed by atoms with Crippen LogP contribution in [-0.4, -0.2) is 37.7 Å². The fourth-order valence-electron chi connectivity index (χ4n) is 2.77. The van der Waals surface area contributed by atoms with Crippen LogP contribution in [0.15, 0.2) is 71.6 Å². The minimum absolute atomic E-state index is 0.139. The zero-order valence-corrected chi connectivity index (χ0v) is 16.3. The van der Waals surface area contributed by atoms with Crippen molar-refractivity contribution < 1.29 is 4.79 Å². The maximum absolute atomic E-state index is 12.5. The van der Waals surface area contributed by atoms with Gasteiger partial charge in [-0.15, -0.1) is 11.8 Å². The summed E-state index contributed by atoms with van der Waals surface area (Å²) < 4.78 is 0. The largest absolute Gasteiger partial charge is 0.378 e. The minimum atomic E-state index is 0.139. The summed E-state index contributed by atoms with van der Waals surface area (Å²) in [6.07, 6.45) is 0. The molecule has 0 fully saturated rings. The molecule has 0 aliphatic rings. The Kier molecular flexibility index (Phi) is 5.84. The number of anilines is 1. The molecule has 0 saturated heterocycles. The first kappa shape index (κ1) is 18.3. The number of amides is 1. The van der Waals surface area contributed by atoms with Crippen molar-refractivity contribution in [2.75, 3.05) is 31.8 Å². The average molecular weight is 365 g/mol. The van der Waals surface area contributed by atoms with Crippen molar-refractivity contribution in [3.8, 4) is 0 Å². The summed E-state index contributed by atoms with van der Waals surface area (Å²) in [5.41, 5.74) is 2.30. The van der Waals surface area contributed by atoms with Crippen LogP contribution in [0.4, 0.5) is 5.69 Å². The van der Waals surface area contributed by atoms with E-state index in [0.717, 1.165) is 16.1 Å². The van der Waals surface area contributed by atoms with Crippen LogP contribution in [0.5, 0.6) is 0 Å². The van der Waals surface area contributed by atoms with Crippen molar-refractivity contribution in [3.05, 3.63) is 72.3 Å². The average Bonchev–Trinajstić information content (AvgIpc) is 2.66. The zero-order chi connectivity index (χ0) is 18.5. The summed E-state index contributed by atoms with van der Waals surface area (Å²) >= 11 is 1.59. The minimum Gasteiger partial charge on any atom is -0.378 e. The first-order valence-corrected chi connectivity index (χ1v) is 9.63. The smallest absolute Gasteiger partial charge is 0.232 e. The lowest BCUT2D eigenvalue weighted by molar-refractivity contribution is -0.127. The summed E-state index contributed by atoms with van der Waals surface area (Å²) in [4.78, 5) is 17.4. The Balaban J connectivity index is 1.56. The summed E-state index contributed by atoms with van der Waals surface area (Å²) in [5, 5.41) is 2.43. The van der Waals surface area contributed by atoms with Gasteiger partial charge in [-0.3, -0.25) is 4.79 Å². The summed E-state index contributed by atoms with van der Waals surface area (Å²) in [7, 11) is 5.91. The fourth-order valence-corrected chi connectivity index (χ4v) is 3.66. The van der Waals surface area contributed by atoms with Gasteiger partial charge in [0.1, 0.15) is 0 Å². The van der Waals surface area contributed by atoms with E-state index < -0.39 is 0 Å². The summed E-state index contributed by atoms with van der Waals surface area (Å²) in [5.74, 6) is 0.588. The number of carbonyl (C=O) groups excluding carboxylic acids is 1. The number of fused-ring (bicyclic) bond motifs is 1. The summed E-state index contributed by atoms with van der Waals surface area (Å²) in [6.45, 7) is 0.630. The van der Waals surface area contributed by atoms with Gasteiger partial charge in [-0.2, -0.15) is 0 Å². The van der Waals surface area contributed by atoms with Crippen LogP contribution in [0.3, 0.4) is 0 Å². The highest BCUT2D eigenvalue weighted by atomic mass is 32.2. The monoisotopic (exact) mass is 364 g/mol. The van der Waals surface area contributed by atoms with Crippen LogP contribution in [0.2, 0.25) is 0 Å². The fraction of sp³-hybridized carbons (Fsp3) is 0.227. The van der Waals surface area contributed by atoms with Crippen LogP contribution < -0.4 is 4.90 Å². The van der Waals surface area contributed by atoms with Gasteiger partial charge in [0.2, 0.25) is 5.91 Å². The molecular formula is C22H24N2OS. The zero-order valence-electron chi connectivity index (χ0n) is 15.5. The molecule has 0 aliphatic heterocycles. The third-order valence-electron chi connectivity index (χ3n) is 4.38.